The van der Waals surface area contributed by atoms with Crippen LogP contribution in [0.5, 0.6) is 0 Å². The normalized spacial score (nSPS) is 11.3. The first-order valence-electron chi connectivity index (χ1n) is 11.4. The molecule has 0 aliphatic heterocycles. The zero-order chi connectivity index (χ0) is 22.4. The molecule has 0 rings (SSSR count). The number of rotatable bonds is 18. The van der Waals surface area contributed by atoms with E-state index in [0.717, 1.165) is 25.9 Å². The average molecular weight is 439 g/mol. The lowest BCUT2D eigenvalue weighted by Crippen LogP contribution is -2.26. The fraction of sp³-hybridized carbons (Fsp3) is 0.952. The third kappa shape index (κ3) is 38.7. The van der Waals surface area contributed by atoms with Crippen molar-refractivity contribution in [2.45, 2.75) is 103 Å². The van der Waals surface area contributed by atoms with Gasteiger partial charge in [0.1, 0.15) is 0 Å². The molecule has 7 nitrogen and oxygen atoms in total. The highest BCUT2D eigenvalue weighted by Crippen LogP contribution is 2.25. The summed E-state index contributed by atoms with van der Waals surface area (Å²) in [6.07, 6.45) is 19.3. The number of nitrogens with zero attached hydrogens (tertiary/aromatic N) is 1. The van der Waals surface area contributed by atoms with E-state index < -0.39 is 7.82 Å². The average Bonchev–Trinajstić information content (AvgIpc) is 2.61. The summed E-state index contributed by atoms with van der Waals surface area (Å²) < 4.78 is 8.88. The number of carbonyl (C=O) groups excluding carboxylic acids is 1. The van der Waals surface area contributed by atoms with Crippen LogP contribution < -0.4 is 5.32 Å². The van der Waals surface area contributed by atoms with Gasteiger partial charge in [-0.15, -0.1) is 0 Å². The summed E-state index contributed by atoms with van der Waals surface area (Å²) in [7, 11) is -0.509. The smallest absolute Gasteiger partial charge is 0.356 e. The second-order valence-electron chi connectivity index (χ2n) is 8.01. The number of phosphoric acid groups is 1. The van der Waals surface area contributed by atoms with Gasteiger partial charge in [0.25, 0.3) is 0 Å². The topological polar surface area (TPSA) is 110 Å². The highest BCUT2D eigenvalue weighted by molar-refractivity contribution is 7.45. The molecule has 0 spiro atoms. The molecule has 0 heterocycles. The van der Waals surface area contributed by atoms with Crippen molar-refractivity contribution in [2.75, 3.05) is 27.2 Å². The molecule has 0 aliphatic rings. The fourth-order valence-electron chi connectivity index (χ4n) is 3.01. The highest BCUT2D eigenvalue weighted by Gasteiger charge is 2.01. The molecule has 0 saturated heterocycles. The van der Waals surface area contributed by atoms with E-state index in [0.29, 0.717) is 6.42 Å². The van der Waals surface area contributed by atoms with Gasteiger partial charge >= 0.3 is 7.82 Å². The third-order valence-corrected chi connectivity index (χ3v) is 4.61. The van der Waals surface area contributed by atoms with Crippen molar-refractivity contribution < 1.29 is 24.0 Å². The monoisotopic (exact) mass is 438 g/mol. The van der Waals surface area contributed by atoms with Gasteiger partial charge in [-0.1, -0.05) is 84.0 Å². The minimum Gasteiger partial charge on any atom is -0.356 e. The Hall–Kier alpha value is -0.460. The predicted molar refractivity (Wildman–Crippen MR) is 121 cm³/mol. The molecule has 176 valence electrons. The van der Waals surface area contributed by atoms with Gasteiger partial charge in [0, 0.05) is 13.0 Å². The molecule has 0 radical (unpaired) electrons. The van der Waals surface area contributed by atoms with Gasteiger partial charge < -0.3 is 24.9 Å². The SMILES string of the molecule is CCCCCCCCCCCCCCCC(=O)NCCCN(C)C.O=P(O)(O)O. The van der Waals surface area contributed by atoms with Crippen molar-refractivity contribution >= 4 is 13.7 Å². The van der Waals surface area contributed by atoms with Crippen LogP contribution in [0.2, 0.25) is 0 Å². The maximum atomic E-state index is 11.7. The van der Waals surface area contributed by atoms with Crippen molar-refractivity contribution in [3.8, 4) is 0 Å². The zero-order valence-corrected chi connectivity index (χ0v) is 20.0. The Morgan fingerprint density at radius 2 is 1.14 bits per heavy atom. The maximum Gasteiger partial charge on any atom is 0.466 e. The van der Waals surface area contributed by atoms with Crippen LogP contribution >= 0.6 is 7.82 Å². The molecule has 0 fully saturated rings. The van der Waals surface area contributed by atoms with Crippen molar-refractivity contribution in [1.29, 1.82) is 0 Å². The number of hydrogen-bond acceptors (Lipinski definition) is 3. The first-order chi connectivity index (χ1) is 13.7. The Kier molecular flexibility index (Phi) is 23.6. The van der Waals surface area contributed by atoms with Gasteiger partial charge in [0.2, 0.25) is 5.91 Å². The molecule has 0 aliphatic carbocycles. The van der Waals surface area contributed by atoms with E-state index >= 15 is 0 Å². The maximum absolute atomic E-state index is 11.7. The van der Waals surface area contributed by atoms with Crippen molar-refractivity contribution in [3.63, 3.8) is 0 Å². The summed E-state index contributed by atoms with van der Waals surface area (Å²) in [5, 5.41) is 3.02. The molecule has 29 heavy (non-hydrogen) atoms. The molecule has 0 aromatic rings. The zero-order valence-electron chi connectivity index (χ0n) is 19.1. The van der Waals surface area contributed by atoms with E-state index in [9.17, 15) is 4.79 Å². The van der Waals surface area contributed by atoms with Gasteiger partial charge in [0.15, 0.2) is 0 Å². The molecular weight excluding hydrogens is 391 g/mol. The van der Waals surface area contributed by atoms with Gasteiger partial charge in [-0.3, -0.25) is 4.79 Å². The molecule has 8 heteroatoms. The molecule has 1 amide bonds. The third-order valence-electron chi connectivity index (χ3n) is 4.61. The number of unbranched alkanes of at least 4 members (excludes halogenated alkanes) is 12. The van der Waals surface area contributed by atoms with Crippen molar-refractivity contribution in [3.05, 3.63) is 0 Å². The standard InChI is InChI=1S/C21H44N2O.H3O4P/c1-4-5-6-7-8-9-10-11-12-13-14-15-16-18-21(24)22-19-17-20-23(2)3;1-5(2,3)4/h4-20H2,1-3H3,(H,22,24);(H3,1,2,3,4). The number of carbonyl (C=O) groups is 1. The van der Waals surface area contributed by atoms with Gasteiger partial charge in [0.05, 0.1) is 0 Å². The van der Waals surface area contributed by atoms with Gasteiger partial charge in [-0.25, -0.2) is 4.57 Å². The Labute approximate surface area is 178 Å². The summed E-state index contributed by atoms with van der Waals surface area (Å²) in [5.41, 5.74) is 0. The molecule has 0 atom stereocenters. The summed E-state index contributed by atoms with van der Waals surface area (Å²) in [6.45, 7) is 4.13. The van der Waals surface area contributed by atoms with Crippen LogP contribution in [0.4, 0.5) is 0 Å². The lowest BCUT2D eigenvalue weighted by atomic mass is 10.0. The van der Waals surface area contributed by atoms with Crippen LogP contribution in [-0.2, 0) is 9.36 Å². The van der Waals surface area contributed by atoms with E-state index in [1.807, 2.05) is 0 Å². The van der Waals surface area contributed by atoms with Crippen molar-refractivity contribution in [2.24, 2.45) is 0 Å². The van der Waals surface area contributed by atoms with Crippen LogP contribution in [-0.4, -0.2) is 52.7 Å². The summed E-state index contributed by atoms with van der Waals surface area (Å²) >= 11 is 0. The number of amides is 1. The van der Waals surface area contributed by atoms with Gasteiger partial charge in [-0.2, -0.15) is 0 Å². The Morgan fingerprint density at radius 3 is 1.52 bits per heavy atom. The first-order valence-corrected chi connectivity index (χ1v) is 12.9. The molecule has 0 bridgehead atoms. The van der Waals surface area contributed by atoms with Crippen LogP contribution in [0.1, 0.15) is 103 Å². The van der Waals surface area contributed by atoms with E-state index in [4.69, 9.17) is 19.2 Å². The van der Waals surface area contributed by atoms with E-state index in [-0.39, 0.29) is 5.91 Å². The second-order valence-corrected chi connectivity index (χ2v) is 9.04. The predicted octanol–water partition coefficient (Wildman–Crippen LogP) is 4.61. The summed E-state index contributed by atoms with van der Waals surface area (Å²) in [4.78, 5) is 35.4. The number of hydrogen-bond donors (Lipinski definition) is 4. The van der Waals surface area contributed by atoms with E-state index in [1.54, 1.807) is 0 Å². The van der Waals surface area contributed by atoms with Crippen molar-refractivity contribution in [1.82, 2.24) is 10.2 Å². The number of nitrogens with one attached hydrogen (secondary N) is 1. The van der Waals surface area contributed by atoms with E-state index in [1.165, 1.54) is 77.0 Å². The Bertz CT molecular complexity index is 394. The lowest BCUT2D eigenvalue weighted by Gasteiger charge is -2.09. The Balaban J connectivity index is 0. The first kappa shape index (κ1) is 30.7. The second kappa shape index (κ2) is 22.2. The lowest BCUT2D eigenvalue weighted by molar-refractivity contribution is -0.121. The molecule has 4 N–H and O–H groups in total. The van der Waals surface area contributed by atoms with Crippen LogP contribution in [0.25, 0.3) is 0 Å². The minimum atomic E-state index is -4.64. The van der Waals surface area contributed by atoms with Gasteiger partial charge in [-0.05, 0) is 33.5 Å². The largest absolute Gasteiger partial charge is 0.466 e. The molecule has 0 unspecified atom stereocenters. The molecule has 0 aromatic heterocycles. The van der Waals surface area contributed by atoms with E-state index in [2.05, 4.69) is 31.2 Å². The summed E-state index contributed by atoms with van der Waals surface area (Å²) in [5.74, 6) is 0.233. The quantitative estimate of drug-likeness (QED) is 0.184. The molecule has 0 saturated carbocycles. The van der Waals surface area contributed by atoms with Crippen LogP contribution in [0, 0.1) is 0 Å². The Morgan fingerprint density at radius 1 is 0.759 bits per heavy atom. The minimum absolute atomic E-state index is 0.233. The molecular formula is C21H47N2O5P. The molecule has 0 aromatic carbocycles. The highest BCUT2D eigenvalue weighted by atomic mass is 31.2. The fourth-order valence-corrected chi connectivity index (χ4v) is 3.01. The summed E-state index contributed by atoms with van der Waals surface area (Å²) in [6, 6.07) is 0. The van der Waals surface area contributed by atoms with Crippen LogP contribution in [0.15, 0.2) is 0 Å². The van der Waals surface area contributed by atoms with Crippen LogP contribution in [0.3, 0.4) is 0 Å².